The molecule has 0 amide bonds. The van der Waals surface area contributed by atoms with Crippen molar-refractivity contribution in [2.24, 2.45) is 0 Å². The molecule has 36 heavy (non-hydrogen) atoms. The van der Waals surface area contributed by atoms with Crippen molar-refractivity contribution >= 4 is 28.2 Å². The van der Waals surface area contributed by atoms with Gasteiger partial charge in [-0.1, -0.05) is 25.8 Å². The second kappa shape index (κ2) is 10.4. The van der Waals surface area contributed by atoms with Crippen LogP contribution in [0.25, 0.3) is 33.4 Å². The van der Waals surface area contributed by atoms with Crippen LogP contribution in [0.3, 0.4) is 0 Å². The molecule has 1 unspecified atom stereocenters. The molecule has 0 bridgehead atoms. The molecule has 4 aromatic heterocycles. The summed E-state index contributed by atoms with van der Waals surface area (Å²) < 4.78 is 40.5. The Kier molecular flexibility index (Phi) is 7.32. The Labute approximate surface area is 207 Å². The van der Waals surface area contributed by atoms with Crippen LogP contribution in [0, 0.1) is 0 Å². The maximum atomic E-state index is 13.0. The predicted molar refractivity (Wildman–Crippen MR) is 138 cm³/mol. The lowest BCUT2D eigenvalue weighted by Crippen LogP contribution is -2.38. The van der Waals surface area contributed by atoms with Crippen LogP contribution in [0.5, 0.6) is 0 Å². The molecular weight excluding hydrogens is 467 g/mol. The van der Waals surface area contributed by atoms with Crippen LogP contribution in [-0.2, 0) is 0 Å². The number of aromatic nitrogens is 5. The van der Waals surface area contributed by atoms with Crippen molar-refractivity contribution in [3.8, 4) is 11.1 Å². The van der Waals surface area contributed by atoms with Gasteiger partial charge >= 0.3 is 6.18 Å². The molecule has 0 radical (unpaired) electrons. The van der Waals surface area contributed by atoms with E-state index in [2.05, 4.69) is 50.4 Å². The van der Waals surface area contributed by atoms with E-state index < -0.39 is 12.2 Å². The summed E-state index contributed by atoms with van der Waals surface area (Å²) in [6, 6.07) is 2.46. The molecule has 1 aliphatic rings. The average Bonchev–Trinajstić information content (AvgIpc) is 3.49. The summed E-state index contributed by atoms with van der Waals surface area (Å²) in [7, 11) is 0. The van der Waals surface area contributed by atoms with E-state index in [0.29, 0.717) is 23.1 Å². The second-order valence-electron chi connectivity index (χ2n) is 8.83. The highest BCUT2D eigenvalue weighted by molar-refractivity contribution is 5.94. The fourth-order valence-corrected chi connectivity index (χ4v) is 4.45. The molecule has 1 atom stereocenters. The highest BCUT2D eigenvalue weighted by atomic mass is 19.4. The largest absolute Gasteiger partial charge is 0.408 e. The molecule has 0 aromatic carbocycles. The summed E-state index contributed by atoms with van der Waals surface area (Å²) >= 11 is 0. The van der Waals surface area contributed by atoms with Gasteiger partial charge in [0, 0.05) is 46.8 Å². The van der Waals surface area contributed by atoms with Gasteiger partial charge in [0.1, 0.15) is 11.7 Å². The lowest BCUT2D eigenvalue weighted by atomic mass is 9.96. The summed E-state index contributed by atoms with van der Waals surface area (Å²) in [6.07, 6.45) is 8.58. The number of nitrogens with zero attached hydrogens (tertiary/aromatic N) is 4. The van der Waals surface area contributed by atoms with E-state index in [1.54, 1.807) is 16.9 Å². The normalized spacial score (nSPS) is 15.3. The van der Waals surface area contributed by atoms with Crippen molar-refractivity contribution in [3.05, 3.63) is 62.2 Å². The molecule has 3 N–H and O–H groups in total. The van der Waals surface area contributed by atoms with Gasteiger partial charge in [0.15, 0.2) is 0 Å². The van der Waals surface area contributed by atoms with E-state index >= 15 is 0 Å². The van der Waals surface area contributed by atoms with Gasteiger partial charge in [0.2, 0.25) is 5.95 Å². The minimum absolute atomic E-state index is 0.165. The molecule has 190 valence electrons. The zero-order valence-electron chi connectivity index (χ0n) is 20.2. The molecule has 1 aliphatic carbocycles. The zero-order chi connectivity index (χ0) is 25.9. The van der Waals surface area contributed by atoms with E-state index in [-0.39, 0.29) is 5.70 Å². The Morgan fingerprint density at radius 1 is 1.19 bits per heavy atom. The van der Waals surface area contributed by atoms with Crippen LogP contribution < -0.4 is 10.6 Å². The Bertz CT molecular complexity index is 1350. The Hall–Kier alpha value is -3.82. The quantitative estimate of drug-likeness (QED) is 0.271. The van der Waals surface area contributed by atoms with Gasteiger partial charge < -0.3 is 15.6 Å². The summed E-state index contributed by atoms with van der Waals surface area (Å²) in [5.74, 6) is 0.613. The van der Waals surface area contributed by atoms with Gasteiger partial charge in [0.05, 0.1) is 11.7 Å². The molecule has 5 rings (SSSR count). The topological polar surface area (TPSA) is 82.9 Å². The molecule has 10 heteroatoms. The van der Waals surface area contributed by atoms with Gasteiger partial charge in [-0.25, -0.2) is 9.50 Å². The highest BCUT2D eigenvalue weighted by Gasteiger charge is 2.36. The van der Waals surface area contributed by atoms with Gasteiger partial charge in [-0.15, -0.1) is 13.2 Å². The first-order valence-corrected chi connectivity index (χ1v) is 11.9. The third kappa shape index (κ3) is 5.22. The number of hydrogen-bond acceptors (Lipinski definition) is 5. The van der Waals surface area contributed by atoms with Crippen molar-refractivity contribution in [2.75, 3.05) is 5.32 Å². The van der Waals surface area contributed by atoms with E-state index in [9.17, 15) is 13.2 Å². The lowest BCUT2D eigenvalue weighted by molar-refractivity contribution is -0.148. The van der Waals surface area contributed by atoms with Crippen LogP contribution >= 0.6 is 0 Å². The first kappa shape index (κ1) is 25.3. The van der Waals surface area contributed by atoms with Gasteiger partial charge in [-0.3, -0.25) is 0 Å². The number of rotatable bonds is 6. The number of nitrogens with one attached hydrogen (secondary N) is 3. The van der Waals surface area contributed by atoms with E-state index in [1.165, 1.54) is 25.5 Å². The van der Waals surface area contributed by atoms with E-state index in [1.807, 2.05) is 18.3 Å². The highest BCUT2D eigenvalue weighted by Crippen LogP contribution is 2.31. The lowest BCUT2D eigenvalue weighted by Gasteiger charge is -2.22. The molecule has 1 fully saturated rings. The zero-order valence-corrected chi connectivity index (χ0v) is 20.2. The van der Waals surface area contributed by atoms with Crippen LogP contribution in [0.4, 0.5) is 19.1 Å². The average molecular weight is 498 g/mol. The number of H-pyrrole nitrogens is 1. The van der Waals surface area contributed by atoms with Crippen LogP contribution in [0.15, 0.2) is 56.7 Å². The maximum Gasteiger partial charge on any atom is 0.408 e. The first-order chi connectivity index (χ1) is 17.3. The SMILES string of the molecule is C=C.C=C(NC(C)C(F)(F)F)c1cnn2ccc(-c3c[nH]c4nc(NC5CCCCC5)ncc34)cc12. The van der Waals surface area contributed by atoms with Crippen molar-refractivity contribution in [1.29, 1.82) is 0 Å². The molecule has 7 nitrogen and oxygen atoms in total. The van der Waals surface area contributed by atoms with Crippen LogP contribution in [0.1, 0.15) is 44.6 Å². The van der Waals surface area contributed by atoms with Crippen molar-refractivity contribution in [2.45, 2.75) is 57.3 Å². The molecule has 1 saturated carbocycles. The number of halogens is 3. The Morgan fingerprint density at radius 2 is 1.94 bits per heavy atom. The van der Waals surface area contributed by atoms with Crippen molar-refractivity contribution in [3.63, 3.8) is 0 Å². The molecule has 4 heterocycles. The number of fused-ring (bicyclic) bond motifs is 2. The summed E-state index contributed by atoms with van der Waals surface area (Å²) in [5.41, 5.74) is 3.81. The van der Waals surface area contributed by atoms with E-state index in [0.717, 1.165) is 41.9 Å². The second-order valence-corrected chi connectivity index (χ2v) is 8.83. The monoisotopic (exact) mass is 497 g/mol. The minimum Gasteiger partial charge on any atom is -0.374 e. The fourth-order valence-electron chi connectivity index (χ4n) is 4.45. The van der Waals surface area contributed by atoms with Gasteiger partial charge in [0.25, 0.3) is 0 Å². The van der Waals surface area contributed by atoms with Crippen molar-refractivity contribution in [1.82, 2.24) is 29.9 Å². The third-order valence-corrected chi connectivity index (χ3v) is 6.41. The summed E-state index contributed by atoms with van der Waals surface area (Å²) in [5, 5.41) is 11.0. The third-order valence-electron chi connectivity index (χ3n) is 6.41. The molecule has 4 aromatic rings. The van der Waals surface area contributed by atoms with Gasteiger partial charge in [-0.05, 0) is 37.5 Å². The van der Waals surface area contributed by atoms with E-state index in [4.69, 9.17) is 0 Å². The van der Waals surface area contributed by atoms with Crippen LogP contribution in [-0.4, -0.2) is 42.8 Å². The number of hydrogen-bond donors (Lipinski definition) is 3. The Balaban J connectivity index is 0.00000148. The Morgan fingerprint density at radius 3 is 2.67 bits per heavy atom. The number of pyridine rings is 1. The number of anilines is 1. The molecule has 0 saturated heterocycles. The van der Waals surface area contributed by atoms with Crippen LogP contribution in [0.2, 0.25) is 0 Å². The van der Waals surface area contributed by atoms with Crippen molar-refractivity contribution < 1.29 is 13.2 Å². The fraction of sp³-hybridized carbons (Fsp3) is 0.346. The molecule has 0 aliphatic heterocycles. The number of aromatic amines is 1. The maximum absolute atomic E-state index is 13.0. The molecular formula is C26H30F3N7. The summed E-state index contributed by atoms with van der Waals surface area (Å²) in [4.78, 5) is 12.4. The number of alkyl halides is 3. The summed E-state index contributed by atoms with van der Waals surface area (Å²) in [6.45, 7) is 10.9. The molecule has 0 spiro atoms. The first-order valence-electron chi connectivity index (χ1n) is 11.9. The van der Waals surface area contributed by atoms with Gasteiger partial charge in [-0.2, -0.15) is 23.3 Å². The standard InChI is InChI=1S/C24H26F3N7.C2H4/c1-14(31-15(2)24(25,26)27)18-13-30-34-9-8-16(10-21(18)34)19-11-28-22-20(19)12-29-23(33-22)32-17-6-4-3-5-7-17;1-2/h8-13,15,17,31H,1,3-7H2,2H3,(H2,28,29,32,33);1-2H2. The predicted octanol–water partition coefficient (Wildman–Crippen LogP) is 6.33. The minimum atomic E-state index is -4.37. The smallest absolute Gasteiger partial charge is 0.374 e.